The maximum Gasteiger partial charge on any atom is 0.355 e. The number of nitrogens with zero attached hydrogens (tertiary/aromatic N) is 2. The molecule has 0 saturated heterocycles. The number of methoxy groups -OCH3 is 2. The van der Waals surface area contributed by atoms with Crippen molar-refractivity contribution in [2.24, 2.45) is 0 Å². The summed E-state index contributed by atoms with van der Waals surface area (Å²) in [4.78, 5) is 33.5. The molecule has 1 aromatic carbocycles. The number of H-pyrrole nitrogens is 1. The minimum absolute atomic E-state index is 0.0703. The number of aromatic amines is 1. The van der Waals surface area contributed by atoms with E-state index in [1.165, 1.54) is 20.3 Å². The third-order valence-electron chi connectivity index (χ3n) is 3.79. The van der Waals surface area contributed by atoms with Gasteiger partial charge in [0.2, 0.25) is 0 Å². The Hall–Kier alpha value is -3.61. The highest BCUT2D eigenvalue weighted by Gasteiger charge is 2.27. The first-order valence-electron chi connectivity index (χ1n) is 7.80. The van der Waals surface area contributed by atoms with E-state index in [0.29, 0.717) is 11.5 Å². The lowest BCUT2D eigenvalue weighted by Gasteiger charge is -2.23. The first-order valence-corrected chi connectivity index (χ1v) is 7.80. The van der Waals surface area contributed by atoms with Crippen molar-refractivity contribution >= 4 is 17.6 Å². The standard InChI is InChI=1S/C19H17N3O4/c1-25-18(23)15-8-3-4-11-22(16(15)19(24)26-2)14-7-5-6-13(12-14)17-20-9-10-21-17/h3-12H,1-2H3,(H,20,21). The Labute approximate surface area is 150 Å². The summed E-state index contributed by atoms with van der Waals surface area (Å²) in [7, 11) is 2.53. The van der Waals surface area contributed by atoms with Crippen LogP contribution in [0.5, 0.6) is 0 Å². The fraction of sp³-hybridized carbons (Fsp3) is 0.105. The number of carbonyl (C=O) groups excluding carboxylic acids is 2. The topological polar surface area (TPSA) is 84.5 Å². The number of rotatable bonds is 4. The molecular formula is C19H17N3O4. The van der Waals surface area contributed by atoms with Gasteiger partial charge in [0.15, 0.2) is 0 Å². The number of aromatic nitrogens is 2. The van der Waals surface area contributed by atoms with Crippen molar-refractivity contribution in [1.29, 1.82) is 0 Å². The van der Waals surface area contributed by atoms with E-state index in [4.69, 9.17) is 9.47 Å². The van der Waals surface area contributed by atoms with E-state index in [9.17, 15) is 9.59 Å². The van der Waals surface area contributed by atoms with Gasteiger partial charge in [-0.15, -0.1) is 0 Å². The van der Waals surface area contributed by atoms with Crippen molar-refractivity contribution in [3.63, 3.8) is 0 Å². The van der Waals surface area contributed by atoms with Crippen LogP contribution in [0.4, 0.5) is 5.69 Å². The monoisotopic (exact) mass is 351 g/mol. The Bertz CT molecular complexity index is 911. The predicted octanol–water partition coefficient (Wildman–Crippen LogP) is 2.57. The summed E-state index contributed by atoms with van der Waals surface area (Å²) in [5, 5.41) is 0. The number of nitrogens with one attached hydrogen (secondary N) is 1. The van der Waals surface area contributed by atoms with Crippen LogP contribution >= 0.6 is 0 Å². The Balaban J connectivity index is 2.14. The Morgan fingerprint density at radius 2 is 1.92 bits per heavy atom. The molecule has 132 valence electrons. The molecule has 1 aliphatic rings. The summed E-state index contributed by atoms with van der Waals surface area (Å²) in [6.45, 7) is 0. The molecule has 0 saturated carbocycles. The van der Waals surface area contributed by atoms with Crippen molar-refractivity contribution < 1.29 is 19.1 Å². The first kappa shape index (κ1) is 17.2. The van der Waals surface area contributed by atoms with Crippen molar-refractivity contribution in [3.8, 4) is 11.4 Å². The van der Waals surface area contributed by atoms with Crippen LogP contribution in [0.2, 0.25) is 0 Å². The van der Waals surface area contributed by atoms with E-state index in [0.717, 1.165) is 5.56 Å². The van der Waals surface area contributed by atoms with Crippen molar-refractivity contribution in [2.45, 2.75) is 0 Å². The SMILES string of the molecule is COC(=O)C1=C(C(=O)OC)N(c2cccc(-c3ncc[nH]3)c2)C=CC=C1. The van der Waals surface area contributed by atoms with Crippen LogP contribution in [0.3, 0.4) is 0 Å². The van der Waals surface area contributed by atoms with Gasteiger partial charge >= 0.3 is 11.9 Å². The summed E-state index contributed by atoms with van der Waals surface area (Å²) in [6.07, 6.45) is 9.97. The summed E-state index contributed by atoms with van der Waals surface area (Å²) in [5.74, 6) is -0.580. The van der Waals surface area contributed by atoms with Gasteiger partial charge in [-0.3, -0.25) is 0 Å². The van der Waals surface area contributed by atoms with E-state index in [2.05, 4.69) is 9.97 Å². The fourth-order valence-electron chi connectivity index (χ4n) is 2.59. The number of esters is 2. The molecular weight excluding hydrogens is 334 g/mol. The zero-order chi connectivity index (χ0) is 18.5. The third-order valence-corrected chi connectivity index (χ3v) is 3.79. The van der Waals surface area contributed by atoms with Crippen LogP contribution in [0.15, 0.2) is 72.4 Å². The number of allylic oxidation sites excluding steroid dienone is 2. The van der Waals surface area contributed by atoms with E-state index < -0.39 is 11.9 Å². The normalized spacial score (nSPS) is 13.5. The maximum absolute atomic E-state index is 12.4. The number of ether oxygens (including phenoxy) is 2. The average Bonchev–Trinajstić information content (AvgIpc) is 3.13. The third kappa shape index (κ3) is 3.27. The number of imidazole rings is 1. The van der Waals surface area contributed by atoms with Crippen LogP contribution in [-0.4, -0.2) is 36.1 Å². The summed E-state index contributed by atoms with van der Waals surface area (Å²) in [6, 6.07) is 7.41. The van der Waals surface area contributed by atoms with Gasteiger partial charge in [-0.1, -0.05) is 18.2 Å². The quantitative estimate of drug-likeness (QED) is 0.852. The summed E-state index contributed by atoms with van der Waals surface area (Å²) in [5.41, 5.74) is 1.68. The zero-order valence-electron chi connectivity index (χ0n) is 14.3. The number of benzene rings is 1. The van der Waals surface area contributed by atoms with Crippen molar-refractivity contribution in [2.75, 3.05) is 19.1 Å². The largest absolute Gasteiger partial charge is 0.465 e. The zero-order valence-corrected chi connectivity index (χ0v) is 14.3. The Morgan fingerprint density at radius 3 is 2.62 bits per heavy atom. The van der Waals surface area contributed by atoms with Gasteiger partial charge < -0.3 is 19.4 Å². The van der Waals surface area contributed by atoms with Gasteiger partial charge in [0.25, 0.3) is 0 Å². The molecule has 1 aromatic heterocycles. The minimum atomic E-state index is -0.648. The van der Waals surface area contributed by atoms with Crippen LogP contribution in [0, 0.1) is 0 Å². The molecule has 7 nitrogen and oxygen atoms in total. The van der Waals surface area contributed by atoms with Gasteiger partial charge in [0.1, 0.15) is 11.5 Å². The van der Waals surface area contributed by atoms with Gasteiger partial charge in [-0.05, 0) is 24.3 Å². The van der Waals surface area contributed by atoms with Crippen LogP contribution in [0.1, 0.15) is 0 Å². The highest BCUT2D eigenvalue weighted by Crippen LogP contribution is 2.29. The number of hydrogen-bond acceptors (Lipinski definition) is 6. The van der Waals surface area contributed by atoms with Crippen molar-refractivity contribution in [1.82, 2.24) is 9.97 Å². The molecule has 2 aromatic rings. The highest BCUT2D eigenvalue weighted by molar-refractivity contribution is 6.05. The summed E-state index contributed by atoms with van der Waals surface area (Å²) >= 11 is 0. The first-order chi connectivity index (χ1) is 12.7. The molecule has 0 bridgehead atoms. The second-order valence-electron chi connectivity index (χ2n) is 5.30. The van der Waals surface area contributed by atoms with E-state index in [1.807, 2.05) is 24.3 Å². The molecule has 3 rings (SSSR count). The van der Waals surface area contributed by atoms with Crippen LogP contribution < -0.4 is 4.90 Å². The van der Waals surface area contributed by atoms with Gasteiger partial charge in [0, 0.05) is 29.8 Å². The van der Waals surface area contributed by atoms with E-state index >= 15 is 0 Å². The number of carbonyl (C=O) groups is 2. The smallest absolute Gasteiger partial charge is 0.355 e. The lowest BCUT2D eigenvalue weighted by molar-refractivity contribution is -0.139. The fourth-order valence-corrected chi connectivity index (χ4v) is 2.59. The number of anilines is 1. The van der Waals surface area contributed by atoms with Crippen molar-refractivity contribution in [3.05, 3.63) is 72.4 Å². The van der Waals surface area contributed by atoms with Gasteiger partial charge in [0.05, 0.1) is 19.8 Å². The highest BCUT2D eigenvalue weighted by atomic mass is 16.5. The lowest BCUT2D eigenvalue weighted by atomic mass is 10.1. The Morgan fingerprint density at radius 1 is 1.12 bits per heavy atom. The van der Waals surface area contributed by atoms with Gasteiger partial charge in [-0.25, -0.2) is 14.6 Å². The average molecular weight is 351 g/mol. The molecule has 0 amide bonds. The maximum atomic E-state index is 12.4. The van der Waals surface area contributed by atoms with Crippen LogP contribution in [0.25, 0.3) is 11.4 Å². The number of hydrogen-bond donors (Lipinski definition) is 1. The lowest BCUT2D eigenvalue weighted by Crippen LogP contribution is -2.26. The van der Waals surface area contributed by atoms with Crippen LogP contribution in [-0.2, 0) is 19.1 Å². The minimum Gasteiger partial charge on any atom is -0.465 e. The van der Waals surface area contributed by atoms with E-state index in [-0.39, 0.29) is 11.3 Å². The molecule has 1 aliphatic heterocycles. The molecule has 2 heterocycles. The molecule has 0 atom stereocenters. The van der Waals surface area contributed by atoms with E-state index in [1.54, 1.807) is 35.6 Å². The van der Waals surface area contributed by atoms with Gasteiger partial charge in [-0.2, -0.15) is 0 Å². The molecule has 1 N–H and O–H groups in total. The molecule has 7 heteroatoms. The predicted molar refractivity (Wildman–Crippen MR) is 95.8 cm³/mol. The Kier molecular flexibility index (Phi) is 4.98. The second-order valence-corrected chi connectivity index (χ2v) is 5.30. The second kappa shape index (κ2) is 7.52. The summed E-state index contributed by atoms with van der Waals surface area (Å²) < 4.78 is 9.70. The molecule has 0 radical (unpaired) electrons. The molecule has 0 fully saturated rings. The molecule has 0 aliphatic carbocycles. The molecule has 0 unspecified atom stereocenters. The molecule has 0 spiro atoms. The molecule has 26 heavy (non-hydrogen) atoms.